The summed E-state index contributed by atoms with van der Waals surface area (Å²) in [5.74, 6) is 2.05. The molecule has 1 aliphatic rings. The highest BCUT2D eigenvalue weighted by molar-refractivity contribution is 7.99. The summed E-state index contributed by atoms with van der Waals surface area (Å²) in [6, 6.07) is 7.74. The Morgan fingerprint density at radius 1 is 1.23 bits per heavy atom. The van der Waals surface area contributed by atoms with E-state index < -0.39 is 0 Å². The lowest BCUT2D eigenvalue weighted by Crippen LogP contribution is -2.22. The van der Waals surface area contributed by atoms with E-state index in [1.165, 1.54) is 12.8 Å². The number of anilines is 1. The first-order valence-electron chi connectivity index (χ1n) is 8.55. The topological polar surface area (TPSA) is 72.9 Å². The highest BCUT2D eigenvalue weighted by Gasteiger charge is 2.25. The number of aromatic nitrogens is 5. The van der Waals surface area contributed by atoms with Crippen LogP contribution in [0.4, 0.5) is 5.95 Å². The Bertz CT molecular complexity index is 904. The minimum absolute atomic E-state index is 0.0373. The lowest BCUT2D eigenvalue weighted by Gasteiger charge is -2.19. The summed E-state index contributed by atoms with van der Waals surface area (Å²) in [4.78, 5) is 6.58. The molecule has 1 aromatic carbocycles. The van der Waals surface area contributed by atoms with Crippen molar-refractivity contribution in [2.45, 2.75) is 37.1 Å². The van der Waals surface area contributed by atoms with Crippen molar-refractivity contribution < 1.29 is 4.52 Å². The summed E-state index contributed by atoms with van der Waals surface area (Å²) in [5, 5.41) is 14.2. The third-order valence-electron chi connectivity index (χ3n) is 4.24. The normalized spacial score (nSPS) is 15.6. The molecule has 0 spiro atoms. The molecule has 0 N–H and O–H groups in total. The fourth-order valence-corrected chi connectivity index (χ4v) is 4.07. The van der Waals surface area contributed by atoms with Gasteiger partial charge in [0, 0.05) is 18.1 Å². The van der Waals surface area contributed by atoms with E-state index in [0.29, 0.717) is 16.7 Å². The number of halogens is 1. The number of benzene rings is 1. The van der Waals surface area contributed by atoms with Crippen LogP contribution in [0.25, 0.3) is 5.69 Å². The van der Waals surface area contributed by atoms with Gasteiger partial charge in [-0.05, 0) is 44.9 Å². The largest absolute Gasteiger partial charge is 0.341 e. The van der Waals surface area contributed by atoms with Gasteiger partial charge in [0.1, 0.15) is 0 Å². The molecule has 1 unspecified atom stereocenters. The van der Waals surface area contributed by atoms with Crippen LogP contribution in [0.15, 0.2) is 33.9 Å². The maximum atomic E-state index is 6.22. The van der Waals surface area contributed by atoms with Gasteiger partial charge in [0.15, 0.2) is 11.0 Å². The van der Waals surface area contributed by atoms with Crippen molar-refractivity contribution >= 4 is 29.3 Å². The zero-order valence-electron chi connectivity index (χ0n) is 14.6. The highest BCUT2D eigenvalue weighted by Crippen LogP contribution is 2.36. The Morgan fingerprint density at radius 3 is 2.73 bits per heavy atom. The molecule has 0 aliphatic carbocycles. The summed E-state index contributed by atoms with van der Waals surface area (Å²) >= 11 is 7.76. The average Bonchev–Trinajstić information content (AvgIpc) is 3.34. The van der Waals surface area contributed by atoms with Gasteiger partial charge in [0.05, 0.1) is 10.9 Å². The zero-order chi connectivity index (χ0) is 18.1. The number of thioether (sulfide) groups is 1. The first kappa shape index (κ1) is 17.4. The van der Waals surface area contributed by atoms with E-state index in [1.807, 2.05) is 38.1 Å². The Labute approximate surface area is 160 Å². The van der Waals surface area contributed by atoms with Crippen molar-refractivity contribution in [1.29, 1.82) is 0 Å². The van der Waals surface area contributed by atoms with Crippen molar-refractivity contribution in [3.05, 3.63) is 41.0 Å². The molecule has 26 heavy (non-hydrogen) atoms. The second-order valence-electron chi connectivity index (χ2n) is 6.23. The lowest BCUT2D eigenvalue weighted by molar-refractivity contribution is 0.376. The van der Waals surface area contributed by atoms with Crippen LogP contribution in [0.5, 0.6) is 0 Å². The van der Waals surface area contributed by atoms with Crippen molar-refractivity contribution in [1.82, 2.24) is 24.9 Å². The molecule has 2 aromatic heterocycles. The number of rotatable bonds is 5. The van der Waals surface area contributed by atoms with E-state index in [2.05, 4.69) is 29.8 Å². The number of hydrogen-bond acceptors (Lipinski definition) is 7. The smallest absolute Gasteiger partial charge is 0.239 e. The van der Waals surface area contributed by atoms with Crippen LogP contribution >= 0.6 is 23.4 Å². The van der Waals surface area contributed by atoms with E-state index >= 15 is 0 Å². The zero-order valence-corrected chi connectivity index (χ0v) is 16.2. The van der Waals surface area contributed by atoms with Gasteiger partial charge in [-0.1, -0.05) is 34.6 Å². The summed E-state index contributed by atoms with van der Waals surface area (Å²) in [7, 11) is 0. The van der Waals surface area contributed by atoms with E-state index in [-0.39, 0.29) is 5.25 Å². The minimum Gasteiger partial charge on any atom is -0.341 e. The van der Waals surface area contributed by atoms with Gasteiger partial charge < -0.3 is 9.42 Å². The highest BCUT2D eigenvalue weighted by atomic mass is 35.5. The molecule has 7 nitrogen and oxygen atoms in total. The Hall–Kier alpha value is -2.06. The van der Waals surface area contributed by atoms with Crippen LogP contribution in [0.1, 0.15) is 36.7 Å². The number of aryl methyl sites for hydroxylation is 1. The molecule has 0 saturated carbocycles. The lowest BCUT2D eigenvalue weighted by atomic mass is 10.3. The van der Waals surface area contributed by atoms with Gasteiger partial charge in [0.2, 0.25) is 11.8 Å². The Morgan fingerprint density at radius 2 is 2.04 bits per heavy atom. The van der Waals surface area contributed by atoms with Crippen molar-refractivity contribution in [2.24, 2.45) is 0 Å². The van der Waals surface area contributed by atoms with Crippen LogP contribution < -0.4 is 4.90 Å². The minimum atomic E-state index is -0.0373. The van der Waals surface area contributed by atoms with Gasteiger partial charge in [-0.3, -0.25) is 4.57 Å². The van der Waals surface area contributed by atoms with Gasteiger partial charge in [-0.2, -0.15) is 4.98 Å². The SMILES string of the molecule is Cc1noc(C(C)Sc2nnc(N3CCCC3)n2-c2cccc(Cl)c2)n1. The molecule has 9 heteroatoms. The molecule has 1 saturated heterocycles. The van der Waals surface area contributed by atoms with Gasteiger partial charge >= 0.3 is 0 Å². The third kappa shape index (κ3) is 3.43. The maximum Gasteiger partial charge on any atom is 0.239 e. The van der Waals surface area contributed by atoms with Crippen LogP contribution in [0.3, 0.4) is 0 Å². The van der Waals surface area contributed by atoms with Crippen molar-refractivity contribution in [3.63, 3.8) is 0 Å². The second kappa shape index (κ2) is 7.28. The molecule has 3 aromatic rings. The summed E-state index contributed by atoms with van der Waals surface area (Å²) < 4.78 is 7.36. The molecular weight excluding hydrogens is 372 g/mol. The molecule has 0 amide bonds. The van der Waals surface area contributed by atoms with Gasteiger partial charge in [0.25, 0.3) is 0 Å². The fourth-order valence-electron chi connectivity index (χ4n) is 2.99. The average molecular weight is 391 g/mol. The van der Waals surface area contributed by atoms with Crippen LogP contribution in [0, 0.1) is 6.92 Å². The molecule has 1 atom stereocenters. The van der Waals surface area contributed by atoms with Gasteiger partial charge in [-0.15, -0.1) is 10.2 Å². The molecule has 1 fully saturated rings. The van der Waals surface area contributed by atoms with Crippen molar-refractivity contribution in [3.8, 4) is 5.69 Å². The van der Waals surface area contributed by atoms with E-state index in [0.717, 1.165) is 29.9 Å². The maximum absolute atomic E-state index is 6.22. The van der Waals surface area contributed by atoms with Crippen LogP contribution in [-0.2, 0) is 0 Å². The number of nitrogens with zero attached hydrogens (tertiary/aromatic N) is 6. The Kier molecular flexibility index (Phi) is 4.86. The molecule has 0 radical (unpaired) electrons. The van der Waals surface area contributed by atoms with E-state index in [9.17, 15) is 0 Å². The van der Waals surface area contributed by atoms with Gasteiger partial charge in [-0.25, -0.2) is 0 Å². The second-order valence-corrected chi connectivity index (χ2v) is 7.98. The molecular formula is C17H19ClN6OS. The van der Waals surface area contributed by atoms with Crippen LogP contribution in [0.2, 0.25) is 5.02 Å². The standard InChI is InChI=1S/C17H19ClN6OS/c1-11(15-19-12(2)22-25-15)26-17-21-20-16(23-8-3-4-9-23)24(17)14-7-5-6-13(18)10-14/h5-7,10-11H,3-4,8-9H2,1-2H3. The first-order chi connectivity index (χ1) is 12.6. The third-order valence-corrected chi connectivity index (χ3v) is 5.51. The molecule has 1 aliphatic heterocycles. The molecule has 136 valence electrons. The quantitative estimate of drug-likeness (QED) is 0.608. The van der Waals surface area contributed by atoms with E-state index in [4.69, 9.17) is 16.1 Å². The predicted molar refractivity (Wildman–Crippen MR) is 101 cm³/mol. The molecule has 4 rings (SSSR count). The summed E-state index contributed by atoms with van der Waals surface area (Å²) in [5.41, 5.74) is 0.945. The van der Waals surface area contributed by atoms with Crippen LogP contribution in [-0.4, -0.2) is 38.0 Å². The van der Waals surface area contributed by atoms with E-state index in [1.54, 1.807) is 11.8 Å². The number of hydrogen-bond donors (Lipinski definition) is 0. The molecule has 0 bridgehead atoms. The first-order valence-corrected chi connectivity index (χ1v) is 9.81. The fraction of sp³-hybridized carbons (Fsp3) is 0.412. The predicted octanol–water partition coefficient (Wildman–Crippen LogP) is 4.07. The Balaban J connectivity index is 1.72. The summed E-state index contributed by atoms with van der Waals surface area (Å²) in [6.07, 6.45) is 2.34. The summed E-state index contributed by atoms with van der Waals surface area (Å²) in [6.45, 7) is 5.80. The van der Waals surface area contributed by atoms with Crippen molar-refractivity contribution in [2.75, 3.05) is 18.0 Å². The molecule has 3 heterocycles. The monoisotopic (exact) mass is 390 g/mol.